The molecule has 0 saturated heterocycles. The molecule has 0 amide bonds. The van der Waals surface area contributed by atoms with Crippen LogP contribution in [0.4, 0.5) is 0 Å². The monoisotopic (exact) mass is 528 g/mol. The zero-order valence-corrected chi connectivity index (χ0v) is 20.9. The van der Waals surface area contributed by atoms with Crippen LogP contribution in [0.5, 0.6) is 0 Å². The van der Waals surface area contributed by atoms with Gasteiger partial charge in [-0.3, -0.25) is 9.97 Å². The van der Waals surface area contributed by atoms with E-state index < -0.39 is 11.3 Å². The predicted molar refractivity (Wildman–Crippen MR) is 149 cm³/mol. The zero-order valence-electron chi connectivity index (χ0n) is 20.1. The van der Waals surface area contributed by atoms with Gasteiger partial charge >= 0.3 is 11.3 Å². The molecule has 9 heteroatoms. The van der Waals surface area contributed by atoms with Crippen LogP contribution >= 0.6 is 11.3 Å². The van der Waals surface area contributed by atoms with Gasteiger partial charge in [-0.15, -0.1) is 11.3 Å². The Labute approximate surface area is 223 Å². The number of nitrogens with zero attached hydrogens (tertiary/aromatic N) is 4. The number of fused-ring (bicyclic) bond motifs is 2. The van der Waals surface area contributed by atoms with Gasteiger partial charge in [-0.05, 0) is 60.7 Å². The van der Waals surface area contributed by atoms with E-state index in [1.807, 2.05) is 60.7 Å². The average molecular weight is 529 g/mol. The fourth-order valence-corrected chi connectivity index (χ4v) is 5.17. The summed E-state index contributed by atoms with van der Waals surface area (Å²) in [5.74, 6) is 0.338. The molecule has 0 N–H and O–H groups in total. The molecule has 7 aromatic rings. The minimum absolute atomic E-state index is 0.169. The molecular formula is C30H16N4O4S. The normalized spacial score (nSPS) is 11.3. The first-order valence-electron chi connectivity index (χ1n) is 12.0. The number of aromatic nitrogens is 4. The molecule has 0 bridgehead atoms. The quantitative estimate of drug-likeness (QED) is 0.265. The standard InChI is InChI=1S/C30H16N4O4S/c35-29-19-9-7-17(21-5-1-3-13-31-21)15-23(19)33-27(37-29)25-11-12-26(39-25)28-34-24-16-18(22-6-2-4-14-32-22)8-10-20(24)30(36)38-28/h1-16H. The molecular weight excluding hydrogens is 512 g/mol. The summed E-state index contributed by atoms with van der Waals surface area (Å²) in [6.45, 7) is 0. The maximum atomic E-state index is 12.7. The first-order valence-corrected chi connectivity index (χ1v) is 12.8. The number of hydrogen-bond acceptors (Lipinski definition) is 9. The van der Waals surface area contributed by atoms with E-state index in [9.17, 15) is 9.59 Å². The lowest BCUT2D eigenvalue weighted by molar-refractivity contribution is 0.519. The molecule has 0 aliphatic heterocycles. The summed E-state index contributed by atoms with van der Waals surface area (Å²) in [5.41, 5.74) is 3.24. The number of benzene rings is 2. The average Bonchev–Trinajstić information content (AvgIpc) is 3.48. The third kappa shape index (κ3) is 4.20. The van der Waals surface area contributed by atoms with Gasteiger partial charge in [0.2, 0.25) is 11.8 Å². The van der Waals surface area contributed by atoms with Crippen LogP contribution in [0.25, 0.3) is 65.9 Å². The van der Waals surface area contributed by atoms with Crippen molar-refractivity contribution >= 4 is 33.1 Å². The van der Waals surface area contributed by atoms with Crippen molar-refractivity contribution in [3.8, 4) is 44.1 Å². The van der Waals surface area contributed by atoms with E-state index in [1.54, 1.807) is 36.7 Å². The molecule has 0 atom stereocenters. The summed E-state index contributed by atoms with van der Waals surface area (Å²) in [6, 6.07) is 25.4. The summed E-state index contributed by atoms with van der Waals surface area (Å²) in [4.78, 5) is 44.6. The third-order valence-corrected chi connectivity index (χ3v) is 7.27. The van der Waals surface area contributed by atoms with Gasteiger partial charge in [0.25, 0.3) is 0 Å². The molecule has 0 unspecified atom stereocenters. The molecule has 0 radical (unpaired) electrons. The van der Waals surface area contributed by atoms with E-state index in [0.29, 0.717) is 31.6 Å². The Balaban J connectivity index is 1.29. The summed E-state index contributed by atoms with van der Waals surface area (Å²) < 4.78 is 11.1. The van der Waals surface area contributed by atoms with Crippen molar-refractivity contribution in [3.05, 3.63) is 118 Å². The second-order valence-corrected chi connectivity index (χ2v) is 9.75. The van der Waals surface area contributed by atoms with Crippen LogP contribution in [-0.4, -0.2) is 19.9 Å². The van der Waals surface area contributed by atoms with Gasteiger partial charge in [-0.25, -0.2) is 19.6 Å². The number of rotatable bonds is 4. The van der Waals surface area contributed by atoms with E-state index in [-0.39, 0.29) is 11.8 Å². The number of pyridine rings is 2. The largest absolute Gasteiger partial charge is 0.402 e. The lowest BCUT2D eigenvalue weighted by Gasteiger charge is -2.04. The van der Waals surface area contributed by atoms with Crippen LogP contribution < -0.4 is 11.3 Å². The molecule has 8 nitrogen and oxygen atoms in total. The van der Waals surface area contributed by atoms with Crippen LogP contribution in [0.2, 0.25) is 0 Å². The molecule has 0 aliphatic carbocycles. The Morgan fingerprint density at radius 3 is 1.49 bits per heavy atom. The zero-order chi connectivity index (χ0) is 26.3. The van der Waals surface area contributed by atoms with E-state index in [4.69, 9.17) is 8.83 Å². The van der Waals surface area contributed by atoms with Crippen molar-refractivity contribution in [2.45, 2.75) is 0 Å². The fraction of sp³-hybridized carbons (Fsp3) is 0. The van der Waals surface area contributed by atoms with Gasteiger partial charge in [0.05, 0.1) is 42.9 Å². The fourth-order valence-electron chi connectivity index (χ4n) is 4.31. The number of thiophene rings is 1. The van der Waals surface area contributed by atoms with Crippen molar-refractivity contribution < 1.29 is 8.83 Å². The first-order chi connectivity index (χ1) is 19.1. The molecule has 0 aliphatic rings. The van der Waals surface area contributed by atoms with E-state index in [1.165, 1.54) is 11.3 Å². The summed E-state index contributed by atoms with van der Waals surface area (Å²) in [6.07, 6.45) is 3.42. The lowest BCUT2D eigenvalue weighted by Crippen LogP contribution is -2.03. The second kappa shape index (κ2) is 9.23. The highest BCUT2D eigenvalue weighted by atomic mass is 32.1. The molecule has 186 valence electrons. The highest BCUT2D eigenvalue weighted by Crippen LogP contribution is 2.34. The molecule has 2 aromatic carbocycles. The van der Waals surface area contributed by atoms with Crippen LogP contribution in [-0.2, 0) is 0 Å². The van der Waals surface area contributed by atoms with Crippen molar-refractivity contribution in [2.24, 2.45) is 0 Å². The lowest BCUT2D eigenvalue weighted by atomic mass is 10.1. The molecule has 0 spiro atoms. The van der Waals surface area contributed by atoms with E-state index in [2.05, 4.69) is 19.9 Å². The van der Waals surface area contributed by atoms with Crippen LogP contribution in [0.1, 0.15) is 0 Å². The Bertz CT molecular complexity index is 1970. The van der Waals surface area contributed by atoms with Crippen LogP contribution in [0.15, 0.2) is 116 Å². The highest BCUT2D eigenvalue weighted by Gasteiger charge is 2.16. The maximum Gasteiger partial charge on any atom is 0.347 e. The SMILES string of the molecule is O=c1oc(-c2ccc(-c3nc4cc(-c5ccccn5)ccc4c(=O)o3)s2)nc2cc(-c3ccccn3)ccc12. The third-order valence-electron chi connectivity index (χ3n) is 6.21. The van der Waals surface area contributed by atoms with Crippen LogP contribution in [0.3, 0.4) is 0 Å². The van der Waals surface area contributed by atoms with Gasteiger partial charge in [0, 0.05) is 23.5 Å². The molecule has 0 saturated carbocycles. The van der Waals surface area contributed by atoms with Crippen molar-refractivity contribution in [3.63, 3.8) is 0 Å². The predicted octanol–water partition coefficient (Wildman–Crippen LogP) is 6.21. The summed E-state index contributed by atoms with van der Waals surface area (Å²) in [5, 5.41) is 0.752. The Morgan fingerprint density at radius 1 is 0.564 bits per heavy atom. The van der Waals surface area contributed by atoms with Gasteiger partial charge in [0.15, 0.2) is 0 Å². The van der Waals surface area contributed by atoms with Gasteiger partial charge < -0.3 is 8.83 Å². The summed E-state index contributed by atoms with van der Waals surface area (Å²) in [7, 11) is 0. The minimum atomic E-state index is -0.491. The Kier molecular flexibility index (Phi) is 5.42. The molecule has 0 fully saturated rings. The summed E-state index contributed by atoms with van der Waals surface area (Å²) >= 11 is 1.26. The maximum absolute atomic E-state index is 12.7. The topological polar surface area (TPSA) is 112 Å². The number of hydrogen-bond donors (Lipinski definition) is 0. The van der Waals surface area contributed by atoms with Crippen molar-refractivity contribution in [1.29, 1.82) is 0 Å². The molecule has 5 aromatic heterocycles. The van der Waals surface area contributed by atoms with Crippen LogP contribution in [0, 0.1) is 0 Å². The van der Waals surface area contributed by atoms with E-state index in [0.717, 1.165) is 22.5 Å². The van der Waals surface area contributed by atoms with Crippen molar-refractivity contribution in [2.75, 3.05) is 0 Å². The molecule has 7 rings (SSSR count). The van der Waals surface area contributed by atoms with Crippen molar-refractivity contribution in [1.82, 2.24) is 19.9 Å². The first kappa shape index (κ1) is 22.9. The van der Waals surface area contributed by atoms with Gasteiger partial charge in [0.1, 0.15) is 0 Å². The highest BCUT2D eigenvalue weighted by molar-refractivity contribution is 7.18. The second-order valence-electron chi connectivity index (χ2n) is 8.67. The van der Waals surface area contributed by atoms with Gasteiger partial charge in [-0.2, -0.15) is 0 Å². The Hall–Kier alpha value is -5.28. The van der Waals surface area contributed by atoms with Gasteiger partial charge in [-0.1, -0.05) is 24.3 Å². The molecule has 39 heavy (non-hydrogen) atoms. The van der Waals surface area contributed by atoms with E-state index >= 15 is 0 Å². The Morgan fingerprint density at radius 2 is 1.05 bits per heavy atom. The molecule has 5 heterocycles. The smallest absolute Gasteiger partial charge is 0.347 e. The minimum Gasteiger partial charge on any atom is -0.402 e.